The molecule has 29 heavy (non-hydrogen) atoms. The predicted octanol–water partition coefficient (Wildman–Crippen LogP) is 2.23. The molecule has 1 N–H and O–H groups in total. The average Bonchev–Trinajstić information content (AvgIpc) is 3.12. The van der Waals surface area contributed by atoms with Crippen LogP contribution in [0.25, 0.3) is 0 Å². The van der Waals surface area contributed by atoms with Crippen molar-refractivity contribution >= 4 is 11.9 Å². The summed E-state index contributed by atoms with van der Waals surface area (Å²) in [5, 5.41) is 14.0. The summed E-state index contributed by atoms with van der Waals surface area (Å²) in [7, 11) is 1.61. The molecule has 8 heteroatoms. The first-order valence-electron chi connectivity index (χ1n) is 9.21. The number of carbonyl (C=O) groups is 2. The Morgan fingerprint density at radius 3 is 2.66 bits per heavy atom. The second kappa shape index (κ2) is 7.75. The Balaban J connectivity index is 1.61. The lowest BCUT2D eigenvalue weighted by molar-refractivity contribution is 0.0674. The minimum atomic E-state index is -1.09. The van der Waals surface area contributed by atoms with Gasteiger partial charge in [-0.15, -0.1) is 0 Å². The van der Waals surface area contributed by atoms with Crippen LogP contribution in [0.4, 0.5) is 0 Å². The molecule has 1 aliphatic heterocycles. The fourth-order valence-corrected chi connectivity index (χ4v) is 3.54. The zero-order valence-corrected chi connectivity index (χ0v) is 15.9. The molecule has 0 spiro atoms. The molecule has 148 valence electrons. The van der Waals surface area contributed by atoms with E-state index < -0.39 is 5.97 Å². The van der Waals surface area contributed by atoms with Crippen molar-refractivity contribution in [2.24, 2.45) is 0 Å². The summed E-state index contributed by atoms with van der Waals surface area (Å²) >= 11 is 0. The van der Waals surface area contributed by atoms with Gasteiger partial charge in [-0.25, -0.2) is 4.79 Å². The summed E-state index contributed by atoms with van der Waals surface area (Å²) in [5.41, 5.74) is 2.92. The standard InChI is InChI=1S/C21H20N4O4/c1-29-16-6-4-14(5-7-16)12-25-18-8-10-24(13-17(18)19(23-25)21(27)28)20(26)15-3-2-9-22-11-15/h2-7,9,11H,8,10,12-13H2,1H3,(H,27,28). The number of carbonyl (C=O) groups excluding carboxylic acids is 1. The Morgan fingerprint density at radius 1 is 1.21 bits per heavy atom. The largest absolute Gasteiger partial charge is 0.497 e. The van der Waals surface area contributed by atoms with Crippen LogP contribution in [-0.2, 0) is 19.5 Å². The van der Waals surface area contributed by atoms with E-state index in [1.165, 1.54) is 6.20 Å². The molecule has 3 aromatic rings. The number of carboxylic acid groups (broad SMARTS) is 1. The van der Waals surface area contributed by atoms with E-state index in [1.54, 1.807) is 35.0 Å². The van der Waals surface area contributed by atoms with Gasteiger partial charge in [0.15, 0.2) is 5.69 Å². The quantitative estimate of drug-likeness (QED) is 0.715. The van der Waals surface area contributed by atoms with Crippen LogP contribution >= 0.6 is 0 Å². The first kappa shape index (κ1) is 18.7. The second-order valence-electron chi connectivity index (χ2n) is 6.80. The highest BCUT2D eigenvalue weighted by Gasteiger charge is 2.30. The average molecular weight is 392 g/mol. The summed E-state index contributed by atoms with van der Waals surface area (Å²) in [4.78, 5) is 30.1. The number of fused-ring (bicyclic) bond motifs is 1. The van der Waals surface area contributed by atoms with Gasteiger partial charge < -0.3 is 14.7 Å². The van der Waals surface area contributed by atoms with Crippen LogP contribution in [0.15, 0.2) is 48.8 Å². The fourth-order valence-electron chi connectivity index (χ4n) is 3.54. The monoisotopic (exact) mass is 392 g/mol. The first-order chi connectivity index (χ1) is 14.1. The molecule has 3 heterocycles. The Bertz CT molecular complexity index is 1040. The van der Waals surface area contributed by atoms with Gasteiger partial charge in [-0.1, -0.05) is 12.1 Å². The molecule has 0 saturated heterocycles. The summed E-state index contributed by atoms with van der Waals surface area (Å²) in [6.07, 6.45) is 3.66. The molecular weight excluding hydrogens is 372 g/mol. The smallest absolute Gasteiger partial charge is 0.356 e. The van der Waals surface area contributed by atoms with Gasteiger partial charge in [0.2, 0.25) is 0 Å². The first-order valence-corrected chi connectivity index (χ1v) is 9.21. The van der Waals surface area contributed by atoms with E-state index in [1.807, 2.05) is 24.3 Å². The second-order valence-corrected chi connectivity index (χ2v) is 6.80. The normalized spacial score (nSPS) is 13.1. The lowest BCUT2D eigenvalue weighted by atomic mass is 10.0. The molecule has 0 unspecified atom stereocenters. The van der Waals surface area contributed by atoms with Crippen LogP contribution in [0.1, 0.15) is 37.7 Å². The lowest BCUT2D eigenvalue weighted by Gasteiger charge is -2.27. The van der Waals surface area contributed by atoms with Crippen LogP contribution in [0, 0.1) is 0 Å². The van der Waals surface area contributed by atoms with Crippen molar-refractivity contribution in [1.29, 1.82) is 0 Å². The number of aromatic nitrogens is 3. The highest BCUT2D eigenvalue weighted by molar-refractivity contribution is 5.94. The number of pyridine rings is 1. The summed E-state index contributed by atoms with van der Waals surface area (Å²) < 4.78 is 6.90. The third-order valence-corrected chi connectivity index (χ3v) is 5.02. The lowest BCUT2D eigenvalue weighted by Crippen LogP contribution is -2.36. The highest BCUT2D eigenvalue weighted by atomic mass is 16.5. The van der Waals surface area contributed by atoms with Gasteiger partial charge in [0.05, 0.1) is 25.8 Å². The fraction of sp³-hybridized carbons (Fsp3) is 0.238. The van der Waals surface area contributed by atoms with Gasteiger partial charge in [0.25, 0.3) is 5.91 Å². The van der Waals surface area contributed by atoms with E-state index in [-0.39, 0.29) is 18.1 Å². The molecule has 0 bridgehead atoms. The van der Waals surface area contributed by atoms with Crippen LogP contribution in [0.5, 0.6) is 5.75 Å². The van der Waals surface area contributed by atoms with Gasteiger partial charge in [-0.2, -0.15) is 5.10 Å². The number of aromatic carboxylic acids is 1. The number of rotatable bonds is 5. The molecule has 2 aromatic heterocycles. The minimum absolute atomic E-state index is 0.00259. The maximum absolute atomic E-state index is 12.7. The van der Waals surface area contributed by atoms with Crippen molar-refractivity contribution in [2.75, 3.05) is 13.7 Å². The van der Waals surface area contributed by atoms with Crippen molar-refractivity contribution in [2.45, 2.75) is 19.5 Å². The van der Waals surface area contributed by atoms with Gasteiger partial charge in [0.1, 0.15) is 5.75 Å². The maximum Gasteiger partial charge on any atom is 0.356 e. The van der Waals surface area contributed by atoms with Crippen LogP contribution in [-0.4, -0.2) is 50.3 Å². The number of hydrogen-bond acceptors (Lipinski definition) is 5. The third-order valence-electron chi connectivity index (χ3n) is 5.02. The Labute approximate surface area is 167 Å². The van der Waals surface area contributed by atoms with E-state index in [0.29, 0.717) is 30.6 Å². The number of amides is 1. The van der Waals surface area contributed by atoms with Gasteiger partial charge in [-0.3, -0.25) is 14.5 Å². The summed E-state index contributed by atoms with van der Waals surface area (Å²) in [5.74, 6) is -0.500. The van der Waals surface area contributed by atoms with Crippen LogP contribution in [0.2, 0.25) is 0 Å². The molecule has 0 atom stereocenters. The van der Waals surface area contributed by atoms with Crippen molar-refractivity contribution in [3.8, 4) is 5.75 Å². The van der Waals surface area contributed by atoms with Crippen molar-refractivity contribution in [3.05, 3.63) is 76.9 Å². The molecule has 1 aliphatic rings. The zero-order valence-electron chi connectivity index (χ0n) is 15.9. The van der Waals surface area contributed by atoms with Gasteiger partial charge in [-0.05, 0) is 29.8 Å². The third kappa shape index (κ3) is 3.69. The van der Waals surface area contributed by atoms with Crippen molar-refractivity contribution in [1.82, 2.24) is 19.7 Å². The van der Waals surface area contributed by atoms with E-state index in [2.05, 4.69) is 10.1 Å². The van der Waals surface area contributed by atoms with E-state index >= 15 is 0 Å². The Kier molecular flexibility index (Phi) is 4.99. The summed E-state index contributed by atoms with van der Waals surface area (Å²) in [6.45, 7) is 1.16. The Morgan fingerprint density at radius 2 is 2.00 bits per heavy atom. The molecule has 4 rings (SSSR count). The van der Waals surface area contributed by atoms with E-state index in [4.69, 9.17) is 4.74 Å². The molecule has 0 aliphatic carbocycles. The molecule has 0 saturated carbocycles. The summed E-state index contributed by atoms with van der Waals surface area (Å²) in [6, 6.07) is 11.0. The van der Waals surface area contributed by atoms with Gasteiger partial charge in [0, 0.05) is 36.6 Å². The van der Waals surface area contributed by atoms with Crippen molar-refractivity contribution < 1.29 is 19.4 Å². The molecule has 8 nitrogen and oxygen atoms in total. The highest BCUT2D eigenvalue weighted by Crippen LogP contribution is 2.25. The molecule has 0 fully saturated rings. The number of hydrogen-bond donors (Lipinski definition) is 1. The SMILES string of the molecule is COc1ccc(Cn2nc(C(=O)O)c3c2CCN(C(=O)c2cccnc2)C3)cc1. The number of carboxylic acids is 1. The minimum Gasteiger partial charge on any atom is -0.497 e. The molecular formula is C21H20N4O4. The number of ether oxygens (including phenoxy) is 1. The van der Waals surface area contributed by atoms with E-state index in [0.717, 1.165) is 17.0 Å². The van der Waals surface area contributed by atoms with Crippen LogP contribution < -0.4 is 4.74 Å². The Hall–Kier alpha value is -3.68. The predicted molar refractivity (Wildman–Crippen MR) is 104 cm³/mol. The molecule has 1 aromatic carbocycles. The van der Waals surface area contributed by atoms with Crippen LogP contribution in [0.3, 0.4) is 0 Å². The number of benzene rings is 1. The topological polar surface area (TPSA) is 97.5 Å². The number of nitrogens with zero attached hydrogens (tertiary/aromatic N) is 4. The van der Waals surface area contributed by atoms with Gasteiger partial charge >= 0.3 is 5.97 Å². The van der Waals surface area contributed by atoms with Crippen molar-refractivity contribution in [3.63, 3.8) is 0 Å². The van der Waals surface area contributed by atoms with E-state index in [9.17, 15) is 14.7 Å². The molecule has 0 radical (unpaired) electrons. The molecule has 1 amide bonds. The zero-order chi connectivity index (χ0) is 20.4. The number of methoxy groups -OCH3 is 1. The maximum atomic E-state index is 12.7.